The van der Waals surface area contributed by atoms with Crippen molar-refractivity contribution in [3.05, 3.63) is 83.4 Å². The quantitative estimate of drug-likeness (QED) is 0.149. The molecular formula is C34H39N2O12S-. The van der Waals surface area contributed by atoms with E-state index in [0.29, 0.717) is 21.5 Å². The van der Waals surface area contributed by atoms with E-state index in [4.69, 9.17) is 18.9 Å². The van der Waals surface area contributed by atoms with E-state index in [1.165, 1.54) is 36.5 Å². The lowest BCUT2D eigenvalue weighted by molar-refractivity contribution is -0.406. The molecule has 1 saturated carbocycles. The van der Waals surface area contributed by atoms with Crippen molar-refractivity contribution in [1.82, 2.24) is 8.61 Å². The smallest absolute Gasteiger partial charge is 0.348 e. The molecule has 2 amide bonds. The monoisotopic (exact) mass is 699 g/mol. The molecule has 0 N–H and O–H groups in total. The highest BCUT2D eigenvalue weighted by atomic mass is 32.2. The van der Waals surface area contributed by atoms with Gasteiger partial charge in [-0.05, 0) is 51.8 Å². The SMILES string of the molecule is C/C=C/C=C/C=C1C(=O)OC2(CCC3(CC2)OC(=O)C(/C=C/C=C/C=C2C(=O)N(C(C)CC)S(=O)(=O)N(C(C)CC)C2=O)=C([O-])O3)OC1=O. The van der Waals surface area contributed by atoms with Crippen LogP contribution in [0.2, 0.25) is 0 Å². The molecule has 264 valence electrons. The topological polar surface area (TPSA) is 186 Å². The molecule has 3 heterocycles. The van der Waals surface area contributed by atoms with Crippen molar-refractivity contribution in [2.45, 2.75) is 96.8 Å². The van der Waals surface area contributed by atoms with Gasteiger partial charge in [-0.2, -0.15) is 8.42 Å². The molecule has 0 radical (unpaired) electrons. The summed E-state index contributed by atoms with van der Waals surface area (Å²) in [5, 5.41) is 12.9. The number of hydrogen-bond donors (Lipinski definition) is 0. The molecule has 2 saturated heterocycles. The van der Waals surface area contributed by atoms with Crippen LogP contribution in [0.1, 0.15) is 73.1 Å². The predicted molar refractivity (Wildman–Crippen MR) is 171 cm³/mol. The number of ether oxygens (including phenoxy) is 4. The summed E-state index contributed by atoms with van der Waals surface area (Å²) in [6, 6.07) is -1.39. The number of amides is 2. The van der Waals surface area contributed by atoms with Gasteiger partial charge in [0.05, 0.1) is 11.5 Å². The zero-order valence-electron chi connectivity index (χ0n) is 27.9. The van der Waals surface area contributed by atoms with Gasteiger partial charge in [0.15, 0.2) is 5.79 Å². The number of carbonyl (C=O) groups excluding carboxylic acids is 5. The first-order chi connectivity index (χ1) is 23.2. The molecule has 0 aromatic rings. The van der Waals surface area contributed by atoms with Crippen molar-refractivity contribution in [3.63, 3.8) is 0 Å². The number of rotatable bonds is 9. The van der Waals surface area contributed by atoms with E-state index in [9.17, 15) is 37.5 Å². The first kappa shape index (κ1) is 36.9. The molecule has 4 aliphatic rings. The van der Waals surface area contributed by atoms with Gasteiger partial charge < -0.3 is 24.1 Å². The van der Waals surface area contributed by atoms with Crippen molar-refractivity contribution >= 4 is 39.9 Å². The Hall–Kier alpha value is -4.92. The lowest BCUT2D eigenvalue weighted by atomic mass is 9.87. The third kappa shape index (κ3) is 7.41. The van der Waals surface area contributed by atoms with Crippen molar-refractivity contribution < 1.29 is 56.4 Å². The first-order valence-electron chi connectivity index (χ1n) is 15.9. The Labute approximate surface area is 284 Å². The van der Waals surface area contributed by atoms with Crippen LogP contribution in [0.15, 0.2) is 83.4 Å². The van der Waals surface area contributed by atoms with Crippen LogP contribution in [0.3, 0.4) is 0 Å². The largest absolute Gasteiger partial charge is 0.574 e. The molecule has 2 atom stereocenters. The maximum Gasteiger partial charge on any atom is 0.348 e. The van der Waals surface area contributed by atoms with Gasteiger partial charge in [0.2, 0.25) is 0 Å². The minimum atomic E-state index is -4.38. The van der Waals surface area contributed by atoms with Crippen molar-refractivity contribution in [2.24, 2.45) is 0 Å². The fourth-order valence-corrected chi connectivity index (χ4v) is 7.47. The predicted octanol–water partition coefficient (Wildman–Crippen LogP) is 2.81. The van der Waals surface area contributed by atoms with Crippen LogP contribution >= 0.6 is 0 Å². The third-order valence-corrected chi connectivity index (χ3v) is 10.6. The summed E-state index contributed by atoms with van der Waals surface area (Å²) in [4.78, 5) is 64.3. The van der Waals surface area contributed by atoms with Crippen molar-refractivity contribution in [3.8, 4) is 0 Å². The van der Waals surface area contributed by atoms with Gasteiger partial charge in [0, 0.05) is 37.8 Å². The molecule has 0 aromatic carbocycles. The molecule has 2 unspecified atom stereocenters. The summed E-state index contributed by atoms with van der Waals surface area (Å²) in [6.45, 7) is 8.40. The molecular weight excluding hydrogens is 660 g/mol. The van der Waals surface area contributed by atoms with Crippen molar-refractivity contribution in [2.75, 3.05) is 0 Å². The Bertz CT molecular complexity index is 1660. The van der Waals surface area contributed by atoms with E-state index in [2.05, 4.69) is 0 Å². The Morgan fingerprint density at radius 2 is 1.14 bits per heavy atom. The van der Waals surface area contributed by atoms with Crippen LogP contribution in [0.4, 0.5) is 0 Å². The molecule has 2 spiro atoms. The standard InChI is InChI=1S/C34H40N2O12S/c1-6-9-10-12-16-25-29(39)45-33(46-30(25)40)18-20-34(21-19-33)47-31(41)26(32(42)48-34)17-14-11-13-15-24-27(37)35(22(4)7-2)49(43,44)36(28(24)38)23(5)8-3/h6,9-17,22-23,41H,7-8,18-21H2,1-5H3/p-1/b9-6+,12-10+,13-11+,17-14+,24-15?,25-16?. The van der Waals surface area contributed by atoms with Crippen LogP contribution in [0, 0.1) is 0 Å². The van der Waals surface area contributed by atoms with E-state index in [-0.39, 0.29) is 36.8 Å². The fraction of sp³-hybridized carbons (Fsp3) is 0.441. The van der Waals surface area contributed by atoms with Gasteiger partial charge >= 0.3 is 28.1 Å². The zero-order valence-corrected chi connectivity index (χ0v) is 28.7. The Morgan fingerprint density at radius 3 is 1.61 bits per heavy atom. The third-order valence-electron chi connectivity index (χ3n) is 8.53. The maximum atomic E-state index is 13.2. The number of nitrogens with zero attached hydrogens (tertiary/aromatic N) is 2. The second-order valence-corrected chi connectivity index (χ2v) is 13.5. The van der Waals surface area contributed by atoms with Crippen LogP contribution in [0.25, 0.3) is 0 Å². The summed E-state index contributed by atoms with van der Waals surface area (Å²) in [5.41, 5.74) is -1.06. The van der Waals surface area contributed by atoms with Crippen LogP contribution in [-0.4, -0.2) is 70.4 Å². The lowest BCUT2D eigenvalue weighted by Gasteiger charge is -2.50. The number of hydrogen-bond acceptors (Lipinski definition) is 12. The highest BCUT2D eigenvalue weighted by Gasteiger charge is 2.53. The van der Waals surface area contributed by atoms with Gasteiger partial charge in [-0.1, -0.05) is 56.4 Å². The van der Waals surface area contributed by atoms with E-state index < -0.39 is 75.1 Å². The van der Waals surface area contributed by atoms with E-state index in [0.717, 1.165) is 6.08 Å². The Kier molecular flexibility index (Phi) is 11.1. The van der Waals surface area contributed by atoms with Gasteiger partial charge in [-0.3, -0.25) is 9.59 Å². The normalized spacial score (nSPS) is 25.4. The van der Waals surface area contributed by atoms with Gasteiger partial charge in [-0.25, -0.2) is 23.0 Å². The van der Waals surface area contributed by atoms with Gasteiger partial charge in [0.25, 0.3) is 17.6 Å². The van der Waals surface area contributed by atoms with E-state index in [1.807, 2.05) is 6.92 Å². The summed E-state index contributed by atoms with van der Waals surface area (Å²) < 4.78 is 49.7. The highest BCUT2D eigenvalue weighted by Crippen LogP contribution is 2.45. The van der Waals surface area contributed by atoms with Gasteiger partial charge in [-0.15, -0.1) is 0 Å². The first-order valence-corrected chi connectivity index (χ1v) is 17.3. The van der Waals surface area contributed by atoms with Crippen LogP contribution < -0.4 is 5.11 Å². The molecule has 15 heteroatoms. The van der Waals surface area contributed by atoms with Gasteiger partial charge in [0.1, 0.15) is 11.1 Å². The summed E-state index contributed by atoms with van der Waals surface area (Å²) in [5.74, 6) is -8.80. The van der Waals surface area contributed by atoms with Crippen LogP contribution in [-0.2, 0) is 53.1 Å². The second kappa shape index (κ2) is 14.7. The molecule has 3 fully saturated rings. The fourth-order valence-electron chi connectivity index (χ4n) is 5.45. The number of allylic oxidation sites excluding steroid dienone is 9. The minimum Gasteiger partial charge on any atom is -0.574 e. The Balaban J connectivity index is 1.44. The average molecular weight is 700 g/mol. The molecule has 3 aliphatic heterocycles. The molecule has 14 nitrogen and oxygen atoms in total. The second-order valence-electron chi connectivity index (χ2n) is 11.8. The number of esters is 3. The van der Waals surface area contributed by atoms with E-state index >= 15 is 0 Å². The Morgan fingerprint density at radius 1 is 0.694 bits per heavy atom. The summed E-state index contributed by atoms with van der Waals surface area (Å²) >= 11 is 0. The summed E-state index contributed by atoms with van der Waals surface area (Å²) in [7, 11) is -4.38. The number of carbonyl (C=O) groups is 5. The minimum absolute atomic E-state index is 0.0863. The zero-order chi connectivity index (χ0) is 36.1. The van der Waals surface area contributed by atoms with Crippen molar-refractivity contribution in [1.29, 1.82) is 0 Å². The molecule has 0 bridgehead atoms. The summed E-state index contributed by atoms with van der Waals surface area (Å²) in [6.07, 6.45) is 14.4. The highest BCUT2D eigenvalue weighted by molar-refractivity contribution is 7.88. The molecule has 49 heavy (non-hydrogen) atoms. The lowest BCUT2D eigenvalue weighted by Crippen LogP contribution is -2.60. The maximum absolute atomic E-state index is 13.2. The molecule has 4 rings (SSSR count). The van der Waals surface area contributed by atoms with Crippen LogP contribution in [0.5, 0.6) is 0 Å². The molecule has 0 aromatic heterocycles. The van der Waals surface area contributed by atoms with E-state index in [1.54, 1.807) is 45.9 Å². The molecule has 1 aliphatic carbocycles. The average Bonchev–Trinajstić information content (AvgIpc) is 3.03.